The summed E-state index contributed by atoms with van der Waals surface area (Å²) in [4.78, 5) is 12.3. The Bertz CT molecular complexity index is 734. The van der Waals surface area contributed by atoms with Gasteiger partial charge in [0.15, 0.2) is 17.3 Å². The largest absolute Gasteiger partial charge is 0.493 e. The van der Waals surface area contributed by atoms with Gasteiger partial charge in [-0.3, -0.25) is 4.79 Å². The molecule has 0 aromatic heterocycles. The van der Waals surface area contributed by atoms with E-state index in [4.69, 9.17) is 14.2 Å². The van der Waals surface area contributed by atoms with Crippen LogP contribution in [0.3, 0.4) is 0 Å². The molecule has 0 N–H and O–H groups in total. The minimum absolute atomic E-state index is 0.0896. The van der Waals surface area contributed by atoms with Gasteiger partial charge in [-0.15, -0.1) is 0 Å². The van der Waals surface area contributed by atoms with Gasteiger partial charge in [0.1, 0.15) is 19.0 Å². The van der Waals surface area contributed by atoms with E-state index in [1.165, 1.54) is 0 Å². The predicted octanol–water partition coefficient (Wildman–Crippen LogP) is 3.75. The third-order valence-corrected chi connectivity index (χ3v) is 3.46. The number of rotatable bonds is 5. The lowest BCUT2D eigenvalue weighted by Crippen LogP contribution is -2.15. The molecular formula is C19H18O4. The topological polar surface area (TPSA) is 44.8 Å². The Balaban J connectivity index is 1.79. The highest BCUT2D eigenvalue weighted by atomic mass is 16.6. The molecule has 2 aromatic rings. The van der Waals surface area contributed by atoms with Crippen molar-refractivity contribution < 1.29 is 19.0 Å². The number of carbonyl (C=O) groups excluding carboxylic acids is 1. The van der Waals surface area contributed by atoms with Crippen molar-refractivity contribution in [1.82, 2.24) is 0 Å². The van der Waals surface area contributed by atoms with Crippen LogP contribution in [0.2, 0.25) is 0 Å². The van der Waals surface area contributed by atoms with Crippen molar-refractivity contribution in [3.63, 3.8) is 0 Å². The van der Waals surface area contributed by atoms with Crippen molar-refractivity contribution in [3.05, 3.63) is 59.7 Å². The standard InChI is InChI=1S/C19H18O4/c1-2-21-17-6-4-3-5-14(17)7-9-16(20)15-8-10-18-19(13-15)23-12-11-22-18/h3-10,13H,2,11-12H2,1H3/b9-7+. The summed E-state index contributed by atoms with van der Waals surface area (Å²) in [5.41, 5.74) is 1.44. The predicted molar refractivity (Wildman–Crippen MR) is 88.4 cm³/mol. The van der Waals surface area contributed by atoms with Crippen molar-refractivity contribution in [1.29, 1.82) is 0 Å². The van der Waals surface area contributed by atoms with Gasteiger partial charge in [0.2, 0.25) is 0 Å². The SMILES string of the molecule is CCOc1ccccc1/C=C/C(=O)c1ccc2c(c1)OCCO2. The molecule has 2 aromatic carbocycles. The summed E-state index contributed by atoms with van der Waals surface area (Å²) in [6, 6.07) is 12.9. The number of hydrogen-bond acceptors (Lipinski definition) is 4. The van der Waals surface area contributed by atoms with Gasteiger partial charge in [-0.1, -0.05) is 18.2 Å². The molecule has 0 unspecified atom stereocenters. The molecule has 0 aliphatic carbocycles. The van der Waals surface area contributed by atoms with Gasteiger partial charge in [-0.2, -0.15) is 0 Å². The van der Waals surface area contributed by atoms with Crippen LogP contribution in [-0.2, 0) is 0 Å². The second kappa shape index (κ2) is 7.01. The average molecular weight is 310 g/mol. The smallest absolute Gasteiger partial charge is 0.185 e. The zero-order chi connectivity index (χ0) is 16.1. The highest BCUT2D eigenvalue weighted by Gasteiger charge is 2.13. The van der Waals surface area contributed by atoms with Gasteiger partial charge in [0, 0.05) is 11.1 Å². The minimum Gasteiger partial charge on any atom is -0.493 e. The Morgan fingerprint density at radius 2 is 1.91 bits per heavy atom. The Morgan fingerprint density at radius 1 is 1.13 bits per heavy atom. The molecule has 0 fully saturated rings. The van der Waals surface area contributed by atoms with Gasteiger partial charge in [-0.25, -0.2) is 0 Å². The van der Waals surface area contributed by atoms with Crippen molar-refractivity contribution in [2.75, 3.05) is 19.8 Å². The van der Waals surface area contributed by atoms with Crippen LogP contribution in [0.1, 0.15) is 22.8 Å². The molecule has 0 radical (unpaired) electrons. The fourth-order valence-electron chi connectivity index (χ4n) is 2.36. The summed E-state index contributed by atoms with van der Waals surface area (Å²) < 4.78 is 16.5. The third-order valence-electron chi connectivity index (χ3n) is 3.46. The molecule has 0 spiro atoms. The summed E-state index contributed by atoms with van der Waals surface area (Å²) in [5, 5.41) is 0. The van der Waals surface area contributed by atoms with Crippen LogP contribution >= 0.6 is 0 Å². The number of para-hydroxylation sites is 1. The molecule has 1 heterocycles. The summed E-state index contributed by atoms with van der Waals surface area (Å²) in [7, 11) is 0. The first-order chi connectivity index (χ1) is 11.3. The van der Waals surface area contributed by atoms with Gasteiger partial charge < -0.3 is 14.2 Å². The number of ether oxygens (including phenoxy) is 3. The van der Waals surface area contributed by atoms with Gasteiger partial charge in [0.25, 0.3) is 0 Å². The number of benzene rings is 2. The van der Waals surface area contributed by atoms with E-state index in [0.717, 1.165) is 11.3 Å². The number of allylic oxidation sites excluding steroid dienone is 1. The quantitative estimate of drug-likeness (QED) is 0.623. The first-order valence-corrected chi connectivity index (χ1v) is 7.62. The van der Waals surface area contributed by atoms with Crippen LogP contribution in [0.5, 0.6) is 17.2 Å². The zero-order valence-corrected chi connectivity index (χ0v) is 13.0. The van der Waals surface area contributed by atoms with Crippen LogP contribution in [0.15, 0.2) is 48.5 Å². The third kappa shape index (κ3) is 3.54. The van der Waals surface area contributed by atoms with E-state index in [9.17, 15) is 4.79 Å². The van der Waals surface area contributed by atoms with E-state index in [1.807, 2.05) is 31.2 Å². The maximum atomic E-state index is 12.3. The van der Waals surface area contributed by atoms with E-state index in [2.05, 4.69) is 0 Å². The van der Waals surface area contributed by atoms with Crippen molar-refractivity contribution in [2.45, 2.75) is 6.92 Å². The minimum atomic E-state index is -0.0896. The highest BCUT2D eigenvalue weighted by Crippen LogP contribution is 2.31. The lowest BCUT2D eigenvalue weighted by Gasteiger charge is -2.18. The molecule has 1 aliphatic rings. The Labute approximate surface area is 135 Å². The molecule has 118 valence electrons. The molecular weight excluding hydrogens is 292 g/mol. The molecule has 0 saturated heterocycles. The van der Waals surface area contributed by atoms with E-state index in [0.29, 0.717) is 36.9 Å². The molecule has 0 saturated carbocycles. The maximum absolute atomic E-state index is 12.3. The van der Waals surface area contributed by atoms with E-state index < -0.39 is 0 Å². The van der Waals surface area contributed by atoms with Crippen LogP contribution < -0.4 is 14.2 Å². The molecule has 4 nitrogen and oxygen atoms in total. The molecule has 0 atom stereocenters. The van der Waals surface area contributed by atoms with Crippen LogP contribution in [0, 0.1) is 0 Å². The molecule has 0 amide bonds. The Morgan fingerprint density at radius 3 is 2.74 bits per heavy atom. The summed E-state index contributed by atoms with van der Waals surface area (Å²) in [5.74, 6) is 1.97. The fraction of sp³-hybridized carbons (Fsp3) is 0.211. The second-order valence-corrected chi connectivity index (χ2v) is 5.03. The number of ketones is 1. The number of hydrogen-bond donors (Lipinski definition) is 0. The van der Waals surface area contributed by atoms with Crippen molar-refractivity contribution >= 4 is 11.9 Å². The second-order valence-electron chi connectivity index (χ2n) is 5.03. The number of carbonyl (C=O) groups is 1. The van der Waals surface area contributed by atoms with Gasteiger partial charge in [0.05, 0.1) is 6.61 Å². The molecule has 0 bridgehead atoms. The van der Waals surface area contributed by atoms with Crippen LogP contribution in [-0.4, -0.2) is 25.6 Å². The maximum Gasteiger partial charge on any atom is 0.185 e. The molecule has 1 aliphatic heterocycles. The monoisotopic (exact) mass is 310 g/mol. The first-order valence-electron chi connectivity index (χ1n) is 7.62. The van der Waals surface area contributed by atoms with E-state index in [-0.39, 0.29) is 5.78 Å². The average Bonchev–Trinajstić information content (AvgIpc) is 2.60. The van der Waals surface area contributed by atoms with Crippen LogP contribution in [0.25, 0.3) is 6.08 Å². The molecule has 4 heteroatoms. The lowest BCUT2D eigenvalue weighted by atomic mass is 10.1. The summed E-state index contributed by atoms with van der Waals surface area (Å²) in [6.45, 7) is 3.55. The fourth-order valence-corrected chi connectivity index (χ4v) is 2.36. The molecule has 23 heavy (non-hydrogen) atoms. The Hall–Kier alpha value is -2.75. The van der Waals surface area contributed by atoms with Gasteiger partial charge >= 0.3 is 0 Å². The first kappa shape index (κ1) is 15.2. The van der Waals surface area contributed by atoms with Crippen molar-refractivity contribution in [2.24, 2.45) is 0 Å². The lowest BCUT2D eigenvalue weighted by molar-refractivity contribution is 0.104. The van der Waals surface area contributed by atoms with E-state index in [1.54, 1.807) is 30.4 Å². The zero-order valence-electron chi connectivity index (χ0n) is 13.0. The Kier molecular flexibility index (Phi) is 4.62. The van der Waals surface area contributed by atoms with Crippen molar-refractivity contribution in [3.8, 4) is 17.2 Å². The number of fused-ring (bicyclic) bond motifs is 1. The van der Waals surface area contributed by atoms with E-state index >= 15 is 0 Å². The van der Waals surface area contributed by atoms with Crippen LogP contribution in [0.4, 0.5) is 0 Å². The summed E-state index contributed by atoms with van der Waals surface area (Å²) >= 11 is 0. The van der Waals surface area contributed by atoms with Gasteiger partial charge in [-0.05, 0) is 43.3 Å². The summed E-state index contributed by atoms with van der Waals surface area (Å²) in [6.07, 6.45) is 3.31. The highest BCUT2D eigenvalue weighted by molar-refractivity contribution is 6.07. The molecule has 3 rings (SSSR count). The normalized spacial score (nSPS) is 13.1.